The Hall–Kier alpha value is -2.13. The molecule has 0 aromatic carbocycles. The van der Waals surface area contributed by atoms with Crippen LogP contribution >= 0.6 is 23.1 Å². The Morgan fingerprint density at radius 3 is 2.92 bits per heavy atom. The van der Waals surface area contributed by atoms with E-state index in [1.807, 2.05) is 32.2 Å². The summed E-state index contributed by atoms with van der Waals surface area (Å²) in [6.07, 6.45) is 1.66. The van der Waals surface area contributed by atoms with Gasteiger partial charge in [-0.3, -0.25) is 14.2 Å². The van der Waals surface area contributed by atoms with Gasteiger partial charge in [-0.15, -0.1) is 11.3 Å². The first-order valence-electron chi connectivity index (χ1n) is 7.95. The third-order valence-electron chi connectivity index (χ3n) is 3.61. The van der Waals surface area contributed by atoms with Crippen molar-refractivity contribution in [3.05, 3.63) is 34.1 Å². The monoisotopic (exact) mass is 377 g/mol. The van der Waals surface area contributed by atoms with E-state index in [1.165, 1.54) is 23.1 Å². The van der Waals surface area contributed by atoms with E-state index in [0.717, 1.165) is 0 Å². The van der Waals surface area contributed by atoms with Crippen LogP contribution in [-0.2, 0) is 11.3 Å². The number of hydrogen-bond donors (Lipinski definition) is 1. The predicted molar refractivity (Wildman–Crippen MR) is 102 cm³/mol. The Labute approximate surface area is 153 Å². The molecule has 0 fully saturated rings. The minimum absolute atomic E-state index is 0.0525. The fourth-order valence-corrected chi connectivity index (χ4v) is 4.09. The molecule has 0 atom stereocenters. The van der Waals surface area contributed by atoms with Crippen molar-refractivity contribution >= 4 is 45.0 Å². The summed E-state index contributed by atoms with van der Waals surface area (Å²) < 4.78 is 4.01. The molecule has 3 aromatic heterocycles. The predicted octanol–water partition coefficient (Wildman–Crippen LogP) is 2.99. The smallest absolute Gasteiger partial charge is 0.272 e. The number of nitrogens with zero attached hydrogens (tertiary/aromatic N) is 4. The number of carbonyl (C=O) groups excluding carboxylic acids is 1. The largest absolute Gasteiger partial charge is 0.310 e. The maximum absolute atomic E-state index is 12.5. The first-order valence-corrected chi connectivity index (χ1v) is 9.82. The summed E-state index contributed by atoms with van der Waals surface area (Å²) in [6.45, 7) is 6.41. The lowest BCUT2D eigenvalue weighted by Crippen LogP contribution is -2.23. The number of hydrogen-bond acceptors (Lipinski definition) is 6. The van der Waals surface area contributed by atoms with Crippen molar-refractivity contribution in [1.82, 2.24) is 19.3 Å². The minimum atomic E-state index is -0.158. The molecular formula is C16H19N5O2S2. The zero-order valence-corrected chi connectivity index (χ0v) is 15.9. The van der Waals surface area contributed by atoms with Crippen LogP contribution in [0.3, 0.4) is 0 Å². The molecule has 0 spiro atoms. The number of anilines is 1. The highest BCUT2D eigenvalue weighted by atomic mass is 32.2. The highest BCUT2D eigenvalue weighted by Gasteiger charge is 2.14. The summed E-state index contributed by atoms with van der Waals surface area (Å²) >= 11 is 2.65. The van der Waals surface area contributed by atoms with Gasteiger partial charge in [0.05, 0.1) is 17.5 Å². The summed E-state index contributed by atoms with van der Waals surface area (Å²) in [7, 11) is 0. The number of thioether (sulfide) groups is 1. The molecular weight excluding hydrogens is 358 g/mol. The van der Waals surface area contributed by atoms with E-state index in [9.17, 15) is 9.59 Å². The van der Waals surface area contributed by atoms with Gasteiger partial charge in [-0.2, -0.15) is 5.10 Å². The standard InChI is InChI=1S/C16H19N5O2S2/c1-4-20-15(23)14-11(6-8-24-14)18-16(20)25-9-13(22)19-12-5-7-17-21(12)10(2)3/h5-8,10H,4,9H2,1-3H3,(H,19,22). The van der Waals surface area contributed by atoms with E-state index in [1.54, 1.807) is 21.5 Å². The number of amides is 1. The molecule has 3 heterocycles. The number of aromatic nitrogens is 4. The second kappa shape index (κ2) is 7.40. The van der Waals surface area contributed by atoms with Crippen LogP contribution < -0.4 is 10.9 Å². The van der Waals surface area contributed by atoms with Crippen LogP contribution in [0.25, 0.3) is 10.2 Å². The third-order valence-corrected chi connectivity index (χ3v) is 5.47. The summed E-state index contributed by atoms with van der Waals surface area (Å²) in [4.78, 5) is 29.3. The highest BCUT2D eigenvalue weighted by Crippen LogP contribution is 2.21. The average molecular weight is 377 g/mol. The van der Waals surface area contributed by atoms with Gasteiger partial charge < -0.3 is 5.32 Å². The number of fused-ring (bicyclic) bond motifs is 1. The van der Waals surface area contributed by atoms with Gasteiger partial charge >= 0.3 is 0 Å². The molecule has 132 valence electrons. The summed E-state index contributed by atoms with van der Waals surface area (Å²) in [6, 6.07) is 3.75. The number of thiophene rings is 1. The van der Waals surface area contributed by atoms with E-state index in [0.29, 0.717) is 27.7 Å². The maximum Gasteiger partial charge on any atom is 0.272 e. The SMILES string of the molecule is CCn1c(SCC(=O)Nc2ccnn2C(C)C)nc2ccsc2c1=O. The van der Waals surface area contributed by atoms with E-state index < -0.39 is 0 Å². The highest BCUT2D eigenvalue weighted by molar-refractivity contribution is 7.99. The van der Waals surface area contributed by atoms with Crippen LogP contribution in [0.5, 0.6) is 0 Å². The molecule has 3 aromatic rings. The lowest BCUT2D eigenvalue weighted by molar-refractivity contribution is -0.113. The second-order valence-corrected chi connectivity index (χ2v) is 7.53. The molecule has 0 aliphatic rings. The van der Waals surface area contributed by atoms with Gasteiger partial charge in [0.1, 0.15) is 10.5 Å². The molecule has 7 nitrogen and oxygen atoms in total. The number of carbonyl (C=O) groups is 1. The number of nitrogens with one attached hydrogen (secondary N) is 1. The molecule has 25 heavy (non-hydrogen) atoms. The maximum atomic E-state index is 12.5. The Morgan fingerprint density at radius 1 is 1.40 bits per heavy atom. The molecule has 0 saturated heterocycles. The molecule has 3 rings (SSSR count). The van der Waals surface area contributed by atoms with Gasteiger partial charge in [0.25, 0.3) is 5.56 Å². The molecule has 0 aliphatic carbocycles. The lowest BCUT2D eigenvalue weighted by Gasteiger charge is -2.12. The van der Waals surface area contributed by atoms with E-state index in [-0.39, 0.29) is 23.3 Å². The Balaban J connectivity index is 1.75. The van der Waals surface area contributed by atoms with Crippen LogP contribution in [0.2, 0.25) is 0 Å². The topological polar surface area (TPSA) is 81.8 Å². The Kier molecular flexibility index (Phi) is 5.24. The zero-order chi connectivity index (χ0) is 18.0. The van der Waals surface area contributed by atoms with E-state index in [2.05, 4.69) is 15.4 Å². The van der Waals surface area contributed by atoms with Crippen LogP contribution in [-0.4, -0.2) is 31.0 Å². The van der Waals surface area contributed by atoms with Crippen LogP contribution in [0.15, 0.2) is 33.7 Å². The molecule has 0 bridgehead atoms. The fourth-order valence-electron chi connectivity index (χ4n) is 2.45. The first kappa shape index (κ1) is 17.7. The molecule has 0 unspecified atom stereocenters. The molecule has 1 N–H and O–H groups in total. The van der Waals surface area contributed by atoms with Gasteiger partial charge in [0.15, 0.2) is 5.16 Å². The molecule has 9 heteroatoms. The first-order chi connectivity index (χ1) is 12.0. The average Bonchev–Trinajstić information content (AvgIpc) is 3.22. The summed E-state index contributed by atoms with van der Waals surface area (Å²) in [5, 5.41) is 9.46. The van der Waals surface area contributed by atoms with Gasteiger partial charge in [-0.25, -0.2) is 9.67 Å². The molecule has 0 aliphatic heterocycles. The minimum Gasteiger partial charge on any atom is -0.310 e. The van der Waals surface area contributed by atoms with Crippen molar-refractivity contribution in [2.75, 3.05) is 11.1 Å². The normalized spacial score (nSPS) is 11.4. The molecule has 0 saturated carbocycles. The third kappa shape index (κ3) is 3.62. The van der Waals surface area contributed by atoms with Gasteiger partial charge in [0.2, 0.25) is 5.91 Å². The van der Waals surface area contributed by atoms with E-state index >= 15 is 0 Å². The van der Waals surface area contributed by atoms with Gasteiger partial charge in [0, 0.05) is 18.7 Å². The van der Waals surface area contributed by atoms with Gasteiger partial charge in [-0.1, -0.05) is 11.8 Å². The van der Waals surface area contributed by atoms with Crippen molar-refractivity contribution in [2.24, 2.45) is 0 Å². The van der Waals surface area contributed by atoms with Crippen LogP contribution in [0, 0.1) is 0 Å². The summed E-state index contributed by atoms with van der Waals surface area (Å²) in [5.41, 5.74) is 0.629. The Morgan fingerprint density at radius 2 is 2.20 bits per heavy atom. The second-order valence-electron chi connectivity index (χ2n) is 5.67. The summed E-state index contributed by atoms with van der Waals surface area (Å²) in [5.74, 6) is 0.676. The van der Waals surface area contributed by atoms with Crippen molar-refractivity contribution in [3.63, 3.8) is 0 Å². The van der Waals surface area contributed by atoms with Crippen molar-refractivity contribution < 1.29 is 4.79 Å². The fraction of sp³-hybridized carbons (Fsp3) is 0.375. The van der Waals surface area contributed by atoms with Crippen LogP contribution in [0.1, 0.15) is 26.8 Å². The Bertz CT molecular complexity index is 957. The zero-order valence-electron chi connectivity index (χ0n) is 14.2. The van der Waals surface area contributed by atoms with Gasteiger partial charge in [-0.05, 0) is 32.2 Å². The van der Waals surface area contributed by atoms with E-state index in [4.69, 9.17) is 0 Å². The van der Waals surface area contributed by atoms with Crippen LogP contribution in [0.4, 0.5) is 5.82 Å². The molecule has 0 radical (unpaired) electrons. The lowest BCUT2D eigenvalue weighted by atomic mass is 10.4. The van der Waals surface area contributed by atoms with Crippen molar-refractivity contribution in [1.29, 1.82) is 0 Å². The quantitative estimate of drug-likeness (QED) is 0.527. The van der Waals surface area contributed by atoms with Crippen molar-refractivity contribution in [3.8, 4) is 0 Å². The number of rotatable bonds is 6. The van der Waals surface area contributed by atoms with Crippen molar-refractivity contribution in [2.45, 2.75) is 38.5 Å². The molecule has 1 amide bonds.